The third-order valence-electron chi connectivity index (χ3n) is 2.43. The predicted molar refractivity (Wildman–Crippen MR) is 75.9 cm³/mol. The number of aromatic nitrogens is 2. The molecule has 10 heteroatoms. The highest BCUT2D eigenvalue weighted by Crippen LogP contribution is 2.27. The van der Waals surface area contributed by atoms with E-state index in [-0.39, 0.29) is 22.1 Å². The van der Waals surface area contributed by atoms with Crippen LogP contribution in [0.15, 0.2) is 30.6 Å². The number of hydrogen-bond acceptors (Lipinski definition) is 7. The fourth-order valence-electron chi connectivity index (χ4n) is 1.45. The van der Waals surface area contributed by atoms with E-state index in [1.807, 2.05) is 0 Å². The number of carbonyl (C=O) groups is 1. The molecule has 0 atom stereocenters. The number of halogens is 1. The molecule has 1 aromatic carbocycles. The van der Waals surface area contributed by atoms with Gasteiger partial charge in [0, 0.05) is 11.8 Å². The van der Waals surface area contributed by atoms with Crippen LogP contribution in [0, 0.1) is 10.1 Å². The van der Waals surface area contributed by atoms with Gasteiger partial charge in [0.05, 0.1) is 17.3 Å². The van der Waals surface area contributed by atoms with Crippen LogP contribution in [-0.2, 0) is 0 Å². The quantitative estimate of drug-likeness (QED) is 0.443. The molecule has 2 rings (SSSR count). The molecule has 0 radical (unpaired) electrons. The lowest BCUT2D eigenvalue weighted by Gasteiger charge is -2.05. The third kappa shape index (κ3) is 3.41. The Bertz CT molecular complexity index is 691. The van der Waals surface area contributed by atoms with Gasteiger partial charge < -0.3 is 10.7 Å². The first-order valence-electron chi connectivity index (χ1n) is 5.55. The summed E-state index contributed by atoms with van der Waals surface area (Å²) in [6, 6.07) is 3.92. The molecule has 0 unspecified atom stereocenters. The standard InChI is InChI=1S/C11H9ClN6O3/c12-7-2-1-6(3-9(7)18(20)21)16-11(19)8-4-15-10(17-13)5-14-8/h1-5H,13H2,(H,15,17)(H,16,19). The number of nitrogens with two attached hydrogens (primary N) is 1. The maximum atomic E-state index is 11.9. The summed E-state index contributed by atoms with van der Waals surface area (Å²) in [5.41, 5.74) is 2.23. The van der Waals surface area contributed by atoms with E-state index in [9.17, 15) is 14.9 Å². The van der Waals surface area contributed by atoms with Crippen molar-refractivity contribution in [3.63, 3.8) is 0 Å². The SMILES string of the molecule is NNc1cnc(C(=O)Nc2ccc(Cl)c([N+](=O)[O-])c2)cn1. The number of nitrogens with one attached hydrogen (secondary N) is 2. The smallest absolute Gasteiger partial charge is 0.289 e. The number of amides is 1. The number of benzene rings is 1. The van der Waals surface area contributed by atoms with Gasteiger partial charge in [0.25, 0.3) is 11.6 Å². The Hall–Kier alpha value is -2.78. The molecule has 0 saturated heterocycles. The van der Waals surface area contributed by atoms with Crippen LogP contribution in [0.25, 0.3) is 0 Å². The summed E-state index contributed by atoms with van der Waals surface area (Å²) in [6.07, 6.45) is 2.49. The fraction of sp³-hybridized carbons (Fsp3) is 0. The zero-order valence-electron chi connectivity index (χ0n) is 10.4. The van der Waals surface area contributed by atoms with Gasteiger partial charge in [-0.2, -0.15) is 0 Å². The van der Waals surface area contributed by atoms with Crippen molar-refractivity contribution in [1.29, 1.82) is 0 Å². The summed E-state index contributed by atoms with van der Waals surface area (Å²) in [4.78, 5) is 29.7. The van der Waals surface area contributed by atoms with Gasteiger partial charge in [-0.1, -0.05) is 11.6 Å². The van der Waals surface area contributed by atoms with E-state index in [2.05, 4.69) is 20.7 Å². The van der Waals surface area contributed by atoms with E-state index >= 15 is 0 Å². The average Bonchev–Trinajstić information content (AvgIpc) is 2.49. The van der Waals surface area contributed by atoms with E-state index in [1.54, 1.807) is 0 Å². The Morgan fingerprint density at radius 1 is 1.33 bits per heavy atom. The van der Waals surface area contributed by atoms with Crippen molar-refractivity contribution in [3.05, 3.63) is 51.4 Å². The van der Waals surface area contributed by atoms with E-state index in [4.69, 9.17) is 17.4 Å². The first-order valence-corrected chi connectivity index (χ1v) is 5.93. The monoisotopic (exact) mass is 308 g/mol. The third-order valence-corrected chi connectivity index (χ3v) is 2.75. The van der Waals surface area contributed by atoms with Crippen LogP contribution in [0.4, 0.5) is 17.2 Å². The number of hydrogen-bond donors (Lipinski definition) is 3. The summed E-state index contributed by atoms with van der Waals surface area (Å²) in [5.74, 6) is 4.86. The summed E-state index contributed by atoms with van der Waals surface area (Å²) in [6.45, 7) is 0. The molecule has 0 aliphatic heterocycles. The molecule has 9 nitrogen and oxygen atoms in total. The summed E-state index contributed by atoms with van der Waals surface area (Å²) in [5, 5.41) is 13.2. The normalized spacial score (nSPS) is 10.0. The maximum Gasteiger partial charge on any atom is 0.289 e. The van der Waals surface area contributed by atoms with E-state index in [1.165, 1.54) is 24.5 Å². The summed E-state index contributed by atoms with van der Waals surface area (Å²) >= 11 is 5.68. The van der Waals surface area contributed by atoms with Crippen molar-refractivity contribution in [2.75, 3.05) is 10.7 Å². The Labute approximate surface area is 123 Å². The van der Waals surface area contributed by atoms with Crippen LogP contribution >= 0.6 is 11.6 Å². The first kappa shape index (κ1) is 14.6. The Morgan fingerprint density at radius 2 is 2.10 bits per heavy atom. The Balaban J connectivity index is 2.19. The van der Waals surface area contributed by atoms with Crippen LogP contribution in [0.5, 0.6) is 0 Å². The minimum absolute atomic E-state index is 0.0174. The van der Waals surface area contributed by atoms with Crippen molar-refractivity contribution in [1.82, 2.24) is 9.97 Å². The van der Waals surface area contributed by atoms with Crippen LogP contribution in [0.3, 0.4) is 0 Å². The van der Waals surface area contributed by atoms with Gasteiger partial charge >= 0.3 is 0 Å². The molecular formula is C11H9ClN6O3. The van der Waals surface area contributed by atoms with Crippen LogP contribution in [0.1, 0.15) is 10.5 Å². The largest absolute Gasteiger partial charge is 0.320 e. The highest BCUT2D eigenvalue weighted by Gasteiger charge is 2.15. The van der Waals surface area contributed by atoms with Crippen molar-refractivity contribution >= 4 is 34.7 Å². The first-order chi connectivity index (χ1) is 10.0. The van der Waals surface area contributed by atoms with E-state index in [0.29, 0.717) is 5.82 Å². The molecule has 1 aromatic heterocycles. The topological polar surface area (TPSA) is 136 Å². The van der Waals surface area contributed by atoms with Crippen LogP contribution in [0.2, 0.25) is 5.02 Å². The van der Waals surface area contributed by atoms with E-state index < -0.39 is 10.8 Å². The van der Waals surface area contributed by atoms with Crippen LogP contribution in [-0.4, -0.2) is 20.8 Å². The number of rotatable bonds is 4. The molecule has 0 fully saturated rings. The lowest BCUT2D eigenvalue weighted by Crippen LogP contribution is -2.15. The molecule has 1 amide bonds. The lowest BCUT2D eigenvalue weighted by atomic mass is 10.2. The fourth-order valence-corrected chi connectivity index (χ4v) is 1.63. The average molecular weight is 309 g/mol. The molecule has 0 spiro atoms. The zero-order valence-corrected chi connectivity index (χ0v) is 11.2. The molecule has 108 valence electrons. The Morgan fingerprint density at radius 3 is 2.67 bits per heavy atom. The van der Waals surface area contributed by atoms with Crippen LogP contribution < -0.4 is 16.6 Å². The lowest BCUT2D eigenvalue weighted by molar-refractivity contribution is -0.384. The number of hydrazine groups is 1. The zero-order chi connectivity index (χ0) is 15.4. The van der Waals surface area contributed by atoms with E-state index in [0.717, 1.165) is 6.07 Å². The second kappa shape index (κ2) is 6.11. The maximum absolute atomic E-state index is 11.9. The summed E-state index contributed by atoms with van der Waals surface area (Å²) in [7, 11) is 0. The van der Waals surface area contributed by atoms with Gasteiger partial charge in [-0.3, -0.25) is 14.9 Å². The predicted octanol–water partition coefficient (Wildman–Crippen LogP) is 1.58. The molecule has 0 aliphatic carbocycles. The molecular weight excluding hydrogens is 300 g/mol. The van der Waals surface area contributed by atoms with Gasteiger partial charge in [0.2, 0.25) is 0 Å². The van der Waals surface area contributed by atoms with Crippen molar-refractivity contribution < 1.29 is 9.72 Å². The molecule has 0 aliphatic rings. The molecule has 4 N–H and O–H groups in total. The second-order valence-corrected chi connectivity index (χ2v) is 4.22. The molecule has 1 heterocycles. The number of nitro groups is 1. The molecule has 0 saturated carbocycles. The number of anilines is 2. The van der Waals surface area contributed by atoms with Gasteiger partial charge in [0.1, 0.15) is 10.7 Å². The van der Waals surface area contributed by atoms with Crippen molar-refractivity contribution in [3.8, 4) is 0 Å². The minimum Gasteiger partial charge on any atom is -0.320 e. The number of carbonyl (C=O) groups excluding carboxylic acids is 1. The van der Waals surface area contributed by atoms with Gasteiger partial charge in [0.15, 0.2) is 5.82 Å². The molecule has 0 bridgehead atoms. The number of nitro benzene ring substituents is 1. The molecule has 21 heavy (non-hydrogen) atoms. The molecule has 2 aromatic rings. The van der Waals surface area contributed by atoms with Crippen molar-refractivity contribution in [2.45, 2.75) is 0 Å². The number of nitrogens with zero attached hydrogens (tertiary/aromatic N) is 3. The Kier molecular flexibility index (Phi) is 4.26. The minimum atomic E-state index is -0.639. The van der Waals surface area contributed by atoms with Gasteiger partial charge in [-0.05, 0) is 12.1 Å². The number of nitrogen functional groups attached to an aromatic ring is 1. The van der Waals surface area contributed by atoms with Crippen molar-refractivity contribution in [2.24, 2.45) is 5.84 Å². The van der Waals surface area contributed by atoms with Gasteiger partial charge in [-0.15, -0.1) is 0 Å². The highest BCUT2D eigenvalue weighted by molar-refractivity contribution is 6.32. The highest BCUT2D eigenvalue weighted by atomic mass is 35.5. The summed E-state index contributed by atoms with van der Waals surface area (Å²) < 4.78 is 0. The van der Waals surface area contributed by atoms with Gasteiger partial charge in [-0.25, -0.2) is 15.8 Å². The second-order valence-electron chi connectivity index (χ2n) is 3.81.